The summed E-state index contributed by atoms with van der Waals surface area (Å²) in [5.41, 5.74) is 6.28. The molecule has 2 aromatic rings. The van der Waals surface area contributed by atoms with Crippen LogP contribution in [0, 0.1) is 0 Å². The number of carbonyl (C=O) groups excluding carboxylic acids is 1. The normalized spacial score (nSPS) is 16.8. The fraction of sp³-hybridized carbons (Fsp3) is 0.400. The summed E-state index contributed by atoms with van der Waals surface area (Å²) < 4.78 is 1.33. The second kappa shape index (κ2) is 7.93. The van der Waals surface area contributed by atoms with Crippen LogP contribution < -0.4 is 11.3 Å². The monoisotopic (exact) mass is 383 g/mol. The fourth-order valence-corrected chi connectivity index (χ4v) is 3.49. The third kappa shape index (κ3) is 3.96. The molecule has 3 N–H and O–H groups in total. The minimum Gasteiger partial charge on any atom is -0.392 e. The molecule has 1 aromatic carbocycles. The van der Waals surface area contributed by atoms with Crippen LogP contribution in [0.25, 0.3) is 0 Å². The second-order valence-corrected chi connectivity index (χ2v) is 7.11. The third-order valence-electron chi connectivity index (χ3n) is 5.17. The van der Waals surface area contributed by atoms with Crippen molar-refractivity contribution in [2.45, 2.75) is 31.9 Å². The average molecular weight is 383 g/mol. The zero-order valence-electron chi connectivity index (χ0n) is 16.1. The largest absolute Gasteiger partial charge is 0.392 e. The Bertz CT molecular complexity index is 944. The van der Waals surface area contributed by atoms with Crippen LogP contribution >= 0.6 is 0 Å². The van der Waals surface area contributed by atoms with Gasteiger partial charge in [-0.3, -0.25) is 19.1 Å². The van der Waals surface area contributed by atoms with Crippen LogP contribution in [0.2, 0.25) is 0 Å². The summed E-state index contributed by atoms with van der Waals surface area (Å²) in [5, 5.41) is 10.9. The van der Waals surface area contributed by atoms with Gasteiger partial charge in [0, 0.05) is 32.6 Å². The molecule has 1 aliphatic heterocycles. The number of carbonyl (C=O) groups is 1. The molecule has 0 radical (unpaired) electrons. The van der Waals surface area contributed by atoms with Crippen LogP contribution in [-0.4, -0.2) is 56.9 Å². The van der Waals surface area contributed by atoms with Crippen LogP contribution in [0.1, 0.15) is 31.0 Å². The van der Waals surface area contributed by atoms with E-state index in [0.29, 0.717) is 37.3 Å². The van der Waals surface area contributed by atoms with E-state index in [-0.39, 0.29) is 18.1 Å². The van der Waals surface area contributed by atoms with Crippen LogP contribution in [0.15, 0.2) is 46.4 Å². The summed E-state index contributed by atoms with van der Waals surface area (Å²) >= 11 is 0. The maximum Gasteiger partial charge on any atom is 0.277 e. The highest BCUT2D eigenvalue weighted by Gasteiger charge is 2.34. The van der Waals surface area contributed by atoms with Crippen molar-refractivity contribution >= 4 is 17.3 Å². The molecule has 0 unspecified atom stereocenters. The summed E-state index contributed by atoms with van der Waals surface area (Å²) in [7, 11) is 1.63. The lowest BCUT2D eigenvalue weighted by Crippen LogP contribution is -2.49. The van der Waals surface area contributed by atoms with Crippen molar-refractivity contribution in [3.8, 4) is 0 Å². The summed E-state index contributed by atoms with van der Waals surface area (Å²) in [4.78, 5) is 34.6. The molecule has 0 atom stereocenters. The van der Waals surface area contributed by atoms with E-state index in [2.05, 4.69) is 9.98 Å². The van der Waals surface area contributed by atoms with Crippen molar-refractivity contribution in [2.24, 2.45) is 4.99 Å². The Labute approximate surface area is 163 Å². The Balaban J connectivity index is 1.85. The lowest BCUT2D eigenvalue weighted by molar-refractivity contribution is -0.133. The first-order valence-electron chi connectivity index (χ1n) is 9.20. The molecule has 1 aromatic heterocycles. The van der Waals surface area contributed by atoms with E-state index >= 15 is 0 Å². The molecule has 1 aliphatic rings. The molecule has 1 amide bonds. The van der Waals surface area contributed by atoms with Crippen molar-refractivity contribution in [3.63, 3.8) is 0 Å². The maximum absolute atomic E-state index is 12.8. The van der Waals surface area contributed by atoms with E-state index in [0.717, 1.165) is 5.56 Å². The number of likely N-dealkylation sites (tertiary alicyclic amines) is 1. The van der Waals surface area contributed by atoms with Gasteiger partial charge in [0.15, 0.2) is 0 Å². The number of nitrogens with zero attached hydrogens (tertiary/aromatic N) is 4. The number of aliphatic imine (C=N–C) groups is 1. The van der Waals surface area contributed by atoms with Crippen molar-refractivity contribution in [3.05, 3.63) is 58.3 Å². The maximum atomic E-state index is 12.8. The highest BCUT2D eigenvalue weighted by Crippen LogP contribution is 2.24. The Morgan fingerprint density at radius 2 is 1.93 bits per heavy atom. The predicted molar refractivity (Wildman–Crippen MR) is 107 cm³/mol. The van der Waals surface area contributed by atoms with Crippen LogP contribution in [0.5, 0.6) is 0 Å². The van der Waals surface area contributed by atoms with Gasteiger partial charge in [-0.2, -0.15) is 0 Å². The van der Waals surface area contributed by atoms with Gasteiger partial charge in [-0.05, 0) is 12.8 Å². The molecule has 0 spiro atoms. The van der Waals surface area contributed by atoms with Gasteiger partial charge in [0.1, 0.15) is 11.4 Å². The number of rotatable bonds is 4. The molecule has 0 aliphatic carbocycles. The molecule has 0 saturated carbocycles. The van der Waals surface area contributed by atoms with E-state index in [1.54, 1.807) is 11.9 Å². The SMILES string of the molecule is CN=C(c1ccccc1)c1ncn(CC2(O)CCN(C(C)=O)CC2)c(=O)c1N. The minimum absolute atomic E-state index is 0.00303. The predicted octanol–water partition coefficient (Wildman–Crippen LogP) is 0.666. The van der Waals surface area contributed by atoms with Crippen molar-refractivity contribution in [2.75, 3.05) is 25.9 Å². The van der Waals surface area contributed by atoms with Crippen LogP contribution in [0.4, 0.5) is 5.69 Å². The van der Waals surface area contributed by atoms with Crippen molar-refractivity contribution < 1.29 is 9.90 Å². The van der Waals surface area contributed by atoms with Gasteiger partial charge in [0.05, 0.1) is 24.2 Å². The number of aromatic nitrogens is 2. The topological polar surface area (TPSA) is 114 Å². The average Bonchev–Trinajstić information content (AvgIpc) is 2.69. The number of benzene rings is 1. The lowest BCUT2D eigenvalue weighted by atomic mass is 9.91. The van der Waals surface area contributed by atoms with Gasteiger partial charge in [0.25, 0.3) is 5.56 Å². The molecule has 0 bridgehead atoms. The standard InChI is InChI=1S/C20H25N5O3/c1-14(26)24-10-8-20(28,9-11-24)12-25-13-23-18(16(21)19(25)27)17(22-2)15-6-4-3-5-7-15/h3-7,13,28H,8-12,21H2,1-2H3. The third-order valence-corrected chi connectivity index (χ3v) is 5.17. The lowest BCUT2D eigenvalue weighted by Gasteiger charge is -2.38. The molecule has 8 heteroatoms. The van der Waals surface area contributed by atoms with E-state index < -0.39 is 11.2 Å². The number of hydrogen-bond acceptors (Lipinski definition) is 6. The highest BCUT2D eigenvalue weighted by molar-refractivity contribution is 6.14. The minimum atomic E-state index is -1.08. The molecule has 1 saturated heterocycles. The first-order valence-corrected chi connectivity index (χ1v) is 9.20. The molecule has 28 heavy (non-hydrogen) atoms. The number of amides is 1. The van der Waals surface area contributed by atoms with Gasteiger partial charge in [0.2, 0.25) is 5.91 Å². The summed E-state index contributed by atoms with van der Waals surface area (Å²) in [6, 6.07) is 9.40. The second-order valence-electron chi connectivity index (χ2n) is 7.11. The van der Waals surface area contributed by atoms with Crippen molar-refractivity contribution in [1.82, 2.24) is 14.5 Å². The van der Waals surface area contributed by atoms with Gasteiger partial charge in [-0.1, -0.05) is 30.3 Å². The Hall–Kier alpha value is -3.00. The van der Waals surface area contributed by atoms with Crippen LogP contribution in [0.3, 0.4) is 0 Å². The Kier molecular flexibility index (Phi) is 5.60. The van der Waals surface area contributed by atoms with E-state index in [9.17, 15) is 14.7 Å². The molecule has 2 heterocycles. The molecule has 148 valence electrons. The number of hydrogen-bond donors (Lipinski definition) is 2. The van der Waals surface area contributed by atoms with Gasteiger partial charge < -0.3 is 15.7 Å². The molecule has 8 nitrogen and oxygen atoms in total. The number of aliphatic hydroxyl groups is 1. The summed E-state index contributed by atoms with van der Waals surface area (Å²) in [5.74, 6) is -0.0122. The number of anilines is 1. The molecule has 1 fully saturated rings. The van der Waals surface area contributed by atoms with Crippen molar-refractivity contribution in [1.29, 1.82) is 0 Å². The first-order chi connectivity index (χ1) is 13.3. The first kappa shape index (κ1) is 19.8. The smallest absolute Gasteiger partial charge is 0.277 e. The van der Waals surface area contributed by atoms with Gasteiger partial charge >= 0.3 is 0 Å². The Morgan fingerprint density at radius 3 is 2.50 bits per heavy atom. The number of piperidine rings is 1. The Morgan fingerprint density at radius 1 is 1.29 bits per heavy atom. The quantitative estimate of drug-likeness (QED) is 0.753. The van der Waals surface area contributed by atoms with Crippen LogP contribution in [-0.2, 0) is 11.3 Å². The highest BCUT2D eigenvalue weighted by atomic mass is 16.3. The summed E-state index contributed by atoms with van der Waals surface area (Å²) in [6.45, 7) is 2.52. The van der Waals surface area contributed by atoms with E-state index in [1.165, 1.54) is 17.8 Å². The zero-order valence-corrected chi connectivity index (χ0v) is 16.1. The van der Waals surface area contributed by atoms with Gasteiger partial charge in [-0.15, -0.1) is 0 Å². The molecular formula is C20H25N5O3. The number of nitrogen functional groups attached to an aromatic ring is 1. The summed E-state index contributed by atoms with van der Waals surface area (Å²) in [6.07, 6.45) is 2.19. The van der Waals surface area contributed by atoms with E-state index in [1.807, 2.05) is 30.3 Å². The zero-order chi connectivity index (χ0) is 20.3. The fourth-order valence-electron chi connectivity index (χ4n) is 3.49. The number of nitrogens with two attached hydrogens (primary N) is 1. The molecular weight excluding hydrogens is 358 g/mol. The van der Waals surface area contributed by atoms with Gasteiger partial charge in [-0.25, -0.2) is 4.98 Å². The van der Waals surface area contributed by atoms with E-state index in [4.69, 9.17) is 5.73 Å². The molecule has 3 rings (SSSR count).